The van der Waals surface area contributed by atoms with Crippen molar-refractivity contribution in [2.75, 3.05) is 11.4 Å². The number of anilines is 1. The molecule has 3 N–H and O–H groups in total. The fourth-order valence-corrected chi connectivity index (χ4v) is 2.14. The maximum Gasteiger partial charge on any atom is 0.125 e. The lowest BCUT2D eigenvalue weighted by atomic mass is 10.1. The van der Waals surface area contributed by atoms with Crippen molar-refractivity contribution < 1.29 is 4.39 Å². The summed E-state index contributed by atoms with van der Waals surface area (Å²) in [6.07, 6.45) is 2.53. The van der Waals surface area contributed by atoms with Crippen LogP contribution in [0.25, 0.3) is 0 Å². The molecule has 4 heteroatoms. The van der Waals surface area contributed by atoms with Gasteiger partial charge in [-0.05, 0) is 50.8 Å². The number of halogens is 1. The molecule has 0 radical (unpaired) electrons. The van der Waals surface area contributed by atoms with Crippen LogP contribution in [0.3, 0.4) is 0 Å². The summed E-state index contributed by atoms with van der Waals surface area (Å²) in [4.78, 5) is 2.22. The molecule has 1 aliphatic rings. The molecule has 0 spiro atoms. The third kappa shape index (κ3) is 2.81. The van der Waals surface area contributed by atoms with Gasteiger partial charge in [-0.2, -0.15) is 0 Å². The second kappa shape index (κ2) is 4.96. The average molecular weight is 249 g/mol. The van der Waals surface area contributed by atoms with Gasteiger partial charge < -0.3 is 10.6 Å². The molecule has 3 nitrogen and oxygen atoms in total. The molecule has 0 atom stereocenters. The predicted octanol–water partition coefficient (Wildman–Crippen LogP) is 2.73. The Morgan fingerprint density at radius 2 is 2.17 bits per heavy atom. The average Bonchev–Trinajstić information content (AvgIpc) is 3.09. The van der Waals surface area contributed by atoms with Crippen LogP contribution in [0.15, 0.2) is 18.2 Å². The van der Waals surface area contributed by atoms with E-state index in [-0.39, 0.29) is 11.7 Å². The number of benzene rings is 1. The lowest BCUT2D eigenvalue weighted by Crippen LogP contribution is -2.34. The zero-order valence-electron chi connectivity index (χ0n) is 10.9. The number of rotatable bonds is 5. The first-order valence-electron chi connectivity index (χ1n) is 6.39. The number of nitrogens with two attached hydrogens (primary N) is 1. The monoisotopic (exact) mass is 249 g/mol. The Balaban J connectivity index is 2.35. The van der Waals surface area contributed by atoms with Gasteiger partial charge in [-0.15, -0.1) is 0 Å². The smallest absolute Gasteiger partial charge is 0.125 e. The highest BCUT2D eigenvalue weighted by Crippen LogP contribution is 2.33. The highest BCUT2D eigenvalue weighted by Gasteiger charge is 2.27. The SMILES string of the molecule is CC(C)N(CC1CC1)c1ccc(F)cc1C(=N)N. The van der Waals surface area contributed by atoms with Crippen molar-refractivity contribution in [3.8, 4) is 0 Å². The minimum Gasteiger partial charge on any atom is -0.384 e. The van der Waals surface area contributed by atoms with E-state index in [2.05, 4.69) is 18.7 Å². The Hall–Kier alpha value is -1.58. The molecule has 1 aromatic rings. The summed E-state index contributed by atoms with van der Waals surface area (Å²) in [5.41, 5.74) is 6.91. The Bertz CT molecular complexity index is 452. The summed E-state index contributed by atoms with van der Waals surface area (Å²) in [5, 5.41) is 7.59. The summed E-state index contributed by atoms with van der Waals surface area (Å²) in [6.45, 7) is 5.18. The van der Waals surface area contributed by atoms with Crippen LogP contribution in [0.1, 0.15) is 32.3 Å². The van der Waals surface area contributed by atoms with Crippen molar-refractivity contribution in [1.82, 2.24) is 0 Å². The van der Waals surface area contributed by atoms with Crippen LogP contribution in [0.5, 0.6) is 0 Å². The maximum absolute atomic E-state index is 13.3. The van der Waals surface area contributed by atoms with Crippen LogP contribution in [-0.4, -0.2) is 18.4 Å². The van der Waals surface area contributed by atoms with Gasteiger partial charge in [0.15, 0.2) is 0 Å². The standard InChI is InChI=1S/C14H20FN3/c1-9(2)18(8-10-3-4-10)13-6-5-11(15)7-12(13)14(16)17/h5-7,9-10H,3-4,8H2,1-2H3,(H3,16,17). The van der Waals surface area contributed by atoms with Gasteiger partial charge >= 0.3 is 0 Å². The van der Waals surface area contributed by atoms with E-state index in [1.54, 1.807) is 6.07 Å². The molecule has 18 heavy (non-hydrogen) atoms. The molecule has 0 aromatic heterocycles. The Labute approximate surface area is 107 Å². The normalized spacial score (nSPS) is 14.9. The van der Waals surface area contributed by atoms with Crippen LogP contribution in [0.2, 0.25) is 0 Å². The lowest BCUT2D eigenvalue weighted by Gasteiger charge is -2.31. The van der Waals surface area contributed by atoms with E-state index >= 15 is 0 Å². The minimum atomic E-state index is -0.348. The van der Waals surface area contributed by atoms with E-state index in [1.807, 2.05) is 0 Å². The van der Waals surface area contributed by atoms with Crippen molar-refractivity contribution in [3.63, 3.8) is 0 Å². The van der Waals surface area contributed by atoms with Gasteiger partial charge in [0.1, 0.15) is 11.7 Å². The third-order valence-electron chi connectivity index (χ3n) is 3.33. The van der Waals surface area contributed by atoms with Crippen LogP contribution in [0, 0.1) is 17.1 Å². The van der Waals surface area contributed by atoms with Crippen molar-refractivity contribution in [2.24, 2.45) is 11.7 Å². The van der Waals surface area contributed by atoms with Gasteiger partial charge in [-0.25, -0.2) is 4.39 Å². The predicted molar refractivity (Wildman–Crippen MR) is 72.6 cm³/mol. The molecule has 0 aliphatic heterocycles. The zero-order valence-corrected chi connectivity index (χ0v) is 10.9. The first-order valence-corrected chi connectivity index (χ1v) is 6.39. The van der Waals surface area contributed by atoms with Gasteiger partial charge in [-0.3, -0.25) is 5.41 Å². The number of amidine groups is 1. The van der Waals surface area contributed by atoms with Crippen LogP contribution in [-0.2, 0) is 0 Å². The Morgan fingerprint density at radius 1 is 1.50 bits per heavy atom. The molecule has 1 aromatic carbocycles. The molecule has 0 heterocycles. The number of hydrogen-bond donors (Lipinski definition) is 2. The quantitative estimate of drug-likeness (QED) is 0.622. The first-order chi connectivity index (χ1) is 8.49. The molecular weight excluding hydrogens is 229 g/mol. The van der Waals surface area contributed by atoms with Gasteiger partial charge in [0.2, 0.25) is 0 Å². The Morgan fingerprint density at radius 3 is 2.67 bits per heavy atom. The molecule has 0 unspecified atom stereocenters. The summed E-state index contributed by atoms with van der Waals surface area (Å²) in [7, 11) is 0. The topological polar surface area (TPSA) is 53.1 Å². The van der Waals surface area contributed by atoms with E-state index in [9.17, 15) is 4.39 Å². The van der Waals surface area contributed by atoms with Crippen molar-refractivity contribution >= 4 is 11.5 Å². The summed E-state index contributed by atoms with van der Waals surface area (Å²) in [6, 6.07) is 4.83. The molecule has 1 saturated carbocycles. The van der Waals surface area contributed by atoms with E-state index in [0.717, 1.165) is 18.2 Å². The molecule has 98 valence electrons. The fraction of sp³-hybridized carbons (Fsp3) is 0.500. The number of nitrogens with one attached hydrogen (secondary N) is 1. The van der Waals surface area contributed by atoms with Gasteiger partial charge in [-0.1, -0.05) is 0 Å². The molecule has 0 amide bonds. The fourth-order valence-electron chi connectivity index (χ4n) is 2.14. The van der Waals surface area contributed by atoms with Crippen LogP contribution >= 0.6 is 0 Å². The number of hydrogen-bond acceptors (Lipinski definition) is 2. The molecular formula is C14H20FN3. The third-order valence-corrected chi connectivity index (χ3v) is 3.33. The van der Waals surface area contributed by atoms with E-state index < -0.39 is 0 Å². The first kappa shape index (κ1) is 12.9. The van der Waals surface area contributed by atoms with E-state index in [0.29, 0.717) is 11.6 Å². The summed E-state index contributed by atoms with van der Waals surface area (Å²) >= 11 is 0. The lowest BCUT2D eigenvalue weighted by molar-refractivity contribution is 0.621. The van der Waals surface area contributed by atoms with Crippen molar-refractivity contribution in [2.45, 2.75) is 32.7 Å². The van der Waals surface area contributed by atoms with Gasteiger partial charge in [0, 0.05) is 23.8 Å². The van der Waals surface area contributed by atoms with Gasteiger partial charge in [0.05, 0.1) is 0 Å². The van der Waals surface area contributed by atoms with Gasteiger partial charge in [0.25, 0.3) is 0 Å². The molecule has 2 rings (SSSR count). The molecule has 1 fully saturated rings. The second-order valence-corrected chi connectivity index (χ2v) is 5.26. The molecule has 1 aliphatic carbocycles. The molecule has 0 bridgehead atoms. The largest absolute Gasteiger partial charge is 0.384 e. The summed E-state index contributed by atoms with van der Waals surface area (Å²) in [5.74, 6) is 0.308. The van der Waals surface area contributed by atoms with Crippen molar-refractivity contribution in [3.05, 3.63) is 29.6 Å². The van der Waals surface area contributed by atoms with Crippen molar-refractivity contribution in [1.29, 1.82) is 5.41 Å². The highest BCUT2D eigenvalue weighted by molar-refractivity contribution is 6.00. The van der Waals surface area contributed by atoms with E-state index in [1.165, 1.54) is 25.0 Å². The summed E-state index contributed by atoms with van der Waals surface area (Å²) < 4.78 is 13.3. The van der Waals surface area contributed by atoms with E-state index in [4.69, 9.17) is 11.1 Å². The number of nitrogen functional groups attached to an aromatic ring is 1. The number of nitrogens with zero attached hydrogens (tertiary/aromatic N) is 1. The van der Waals surface area contributed by atoms with Crippen LogP contribution < -0.4 is 10.6 Å². The molecule has 0 saturated heterocycles. The minimum absolute atomic E-state index is 0.0778. The zero-order chi connectivity index (χ0) is 13.3. The highest BCUT2D eigenvalue weighted by atomic mass is 19.1. The Kier molecular flexibility index (Phi) is 3.55. The second-order valence-electron chi connectivity index (χ2n) is 5.26. The van der Waals surface area contributed by atoms with Crippen LogP contribution in [0.4, 0.5) is 10.1 Å². The maximum atomic E-state index is 13.3.